The molecule has 188 valence electrons. The third kappa shape index (κ3) is 4.07. The second-order valence-corrected chi connectivity index (χ2v) is 9.39. The normalized spacial score (nSPS) is 24.0. The number of aldehydes is 1. The molecular weight excluding hydrogens is 462 g/mol. The van der Waals surface area contributed by atoms with Gasteiger partial charge in [0, 0.05) is 50.2 Å². The van der Waals surface area contributed by atoms with Gasteiger partial charge in [-0.05, 0) is 32.4 Å². The lowest BCUT2D eigenvalue weighted by Gasteiger charge is -2.61. The SMILES string of the molecule is COCCNc1cc(NC(=O)N2c3nc(C=O)ccc3C3(N(C)C4CCOC4)CC2C3)ncc1C#N. The quantitative estimate of drug-likeness (QED) is 0.422. The summed E-state index contributed by atoms with van der Waals surface area (Å²) in [6.45, 7) is 2.41. The smallest absolute Gasteiger partial charge is 0.328 e. The first kappa shape index (κ1) is 24.1. The number of amides is 2. The lowest BCUT2D eigenvalue weighted by atomic mass is 9.63. The van der Waals surface area contributed by atoms with Crippen LogP contribution in [0, 0.1) is 11.3 Å². The van der Waals surface area contributed by atoms with Gasteiger partial charge < -0.3 is 14.8 Å². The molecule has 2 aromatic rings. The zero-order valence-corrected chi connectivity index (χ0v) is 20.4. The fourth-order valence-electron chi connectivity index (χ4n) is 5.50. The Morgan fingerprint density at radius 3 is 2.97 bits per heavy atom. The second-order valence-electron chi connectivity index (χ2n) is 9.39. The molecule has 36 heavy (non-hydrogen) atoms. The molecule has 2 fully saturated rings. The van der Waals surface area contributed by atoms with E-state index in [9.17, 15) is 14.9 Å². The van der Waals surface area contributed by atoms with Crippen LogP contribution in [0.1, 0.15) is 40.9 Å². The maximum atomic E-state index is 13.5. The molecule has 2 bridgehead atoms. The van der Waals surface area contributed by atoms with Crippen molar-refractivity contribution >= 4 is 29.6 Å². The van der Waals surface area contributed by atoms with Crippen molar-refractivity contribution in [2.45, 2.75) is 36.9 Å². The molecule has 1 saturated carbocycles. The summed E-state index contributed by atoms with van der Waals surface area (Å²) in [6, 6.07) is 7.22. The van der Waals surface area contributed by atoms with Gasteiger partial charge in [-0.3, -0.25) is 19.9 Å². The molecule has 2 amide bonds. The van der Waals surface area contributed by atoms with Crippen LogP contribution >= 0.6 is 0 Å². The Balaban J connectivity index is 1.42. The summed E-state index contributed by atoms with van der Waals surface area (Å²) in [7, 11) is 3.71. The van der Waals surface area contributed by atoms with Crippen molar-refractivity contribution in [2.24, 2.45) is 0 Å². The van der Waals surface area contributed by atoms with Crippen molar-refractivity contribution in [1.82, 2.24) is 14.9 Å². The minimum Gasteiger partial charge on any atom is -0.383 e. The van der Waals surface area contributed by atoms with Crippen LogP contribution < -0.4 is 15.5 Å². The molecule has 11 nitrogen and oxygen atoms in total. The van der Waals surface area contributed by atoms with Crippen LogP contribution in [0.25, 0.3) is 0 Å². The molecule has 3 aliphatic heterocycles. The third-order valence-corrected chi connectivity index (χ3v) is 7.49. The lowest BCUT2D eigenvalue weighted by molar-refractivity contribution is -0.0236. The standard InChI is InChI=1S/C25H29N7O4/c1-31(18-5-7-36-15-18)25-10-19(11-25)32(23-20(25)4-3-17(14-33)29-23)24(34)30-22-9-21(27-6-8-35-2)16(12-26)13-28-22/h3-4,9,13-14,18-19H,5-8,10-11,15H2,1-2H3,(H2,27,28,30,34). The summed E-state index contributed by atoms with van der Waals surface area (Å²) in [5.41, 5.74) is 1.90. The number of carbonyl (C=O) groups is 2. The van der Waals surface area contributed by atoms with E-state index in [1.807, 2.05) is 6.07 Å². The van der Waals surface area contributed by atoms with E-state index in [0.717, 1.165) is 31.4 Å². The molecule has 2 aromatic heterocycles. The maximum absolute atomic E-state index is 13.5. The monoisotopic (exact) mass is 491 g/mol. The van der Waals surface area contributed by atoms with E-state index >= 15 is 0 Å². The predicted octanol–water partition coefficient (Wildman–Crippen LogP) is 2.35. The first-order chi connectivity index (χ1) is 17.5. The van der Waals surface area contributed by atoms with Gasteiger partial charge in [-0.2, -0.15) is 5.26 Å². The van der Waals surface area contributed by atoms with E-state index in [0.29, 0.717) is 55.0 Å². The molecule has 1 saturated heterocycles. The Labute approximate surface area is 209 Å². The highest BCUT2D eigenvalue weighted by Crippen LogP contribution is 2.56. The predicted molar refractivity (Wildman–Crippen MR) is 132 cm³/mol. The Hall–Kier alpha value is -3.59. The van der Waals surface area contributed by atoms with Gasteiger partial charge in [-0.25, -0.2) is 14.8 Å². The fraction of sp³-hybridized carbons (Fsp3) is 0.480. The zero-order valence-electron chi connectivity index (χ0n) is 20.4. The van der Waals surface area contributed by atoms with Gasteiger partial charge in [-0.15, -0.1) is 0 Å². The van der Waals surface area contributed by atoms with Crippen molar-refractivity contribution in [1.29, 1.82) is 5.26 Å². The average Bonchev–Trinajstić information content (AvgIpc) is 3.42. The van der Waals surface area contributed by atoms with Gasteiger partial charge in [0.15, 0.2) is 6.29 Å². The molecule has 6 rings (SSSR count). The molecule has 2 N–H and O–H groups in total. The van der Waals surface area contributed by atoms with E-state index in [1.165, 1.54) is 6.20 Å². The molecule has 1 atom stereocenters. The van der Waals surface area contributed by atoms with Crippen LogP contribution in [-0.4, -0.2) is 79.8 Å². The van der Waals surface area contributed by atoms with Crippen LogP contribution in [0.3, 0.4) is 0 Å². The van der Waals surface area contributed by atoms with E-state index < -0.39 is 0 Å². The third-order valence-electron chi connectivity index (χ3n) is 7.49. The molecule has 4 aliphatic rings. The number of hydrogen-bond donors (Lipinski definition) is 2. The van der Waals surface area contributed by atoms with Crippen LogP contribution in [0.2, 0.25) is 0 Å². The number of hydrogen-bond acceptors (Lipinski definition) is 9. The molecule has 1 aliphatic carbocycles. The van der Waals surface area contributed by atoms with E-state index in [-0.39, 0.29) is 23.3 Å². The number of carbonyl (C=O) groups excluding carboxylic acids is 2. The van der Waals surface area contributed by atoms with Crippen molar-refractivity contribution in [3.8, 4) is 6.07 Å². The number of anilines is 3. The van der Waals surface area contributed by atoms with Gasteiger partial charge in [0.05, 0.1) is 30.0 Å². The van der Waals surface area contributed by atoms with E-state index in [1.54, 1.807) is 24.1 Å². The number of urea groups is 1. The summed E-state index contributed by atoms with van der Waals surface area (Å²) in [5.74, 6) is 0.806. The Morgan fingerprint density at radius 1 is 1.44 bits per heavy atom. The van der Waals surface area contributed by atoms with Crippen molar-refractivity contribution in [2.75, 3.05) is 56.1 Å². The molecule has 1 unspecified atom stereocenters. The number of ether oxygens (including phenoxy) is 2. The number of rotatable bonds is 8. The number of aromatic nitrogens is 2. The number of nitriles is 1. The summed E-state index contributed by atoms with van der Waals surface area (Å²) in [4.78, 5) is 37.9. The highest BCUT2D eigenvalue weighted by Gasteiger charge is 2.59. The fourth-order valence-corrected chi connectivity index (χ4v) is 5.50. The second kappa shape index (κ2) is 9.81. The molecule has 0 radical (unpaired) electrons. The van der Waals surface area contributed by atoms with Crippen LogP contribution in [0.5, 0.6) is 0 Å². The Kier molecular flexibility index (Phi) is 6.57. The minimum atomic E-state index is -0.378. The van der Waals surface area contributed by atoms with Gasteiger partial charge in [0.25, 0.3) is 0 Å². The summed E-state index contributed by atoms with van der Waals surface area (Å²) < 4.78 is 10.7. The summed E-state index contributed by atoms with van der Waals surface area (Å²) in [5, 5.41) is 15.4. The Morgan fingerprint density at radius 2 is 2.28 bits per heavy atom. The number of nitrogens with one attached hydrogen (secondary N) is 2. The summed E-state index contributed by atoms with van der Waals surface area (Å²) >= 11 is 0. The van der Waals surface area contributed by atoms with E-state index in [2.05, 4.69) is 38.6 Å². The van der Waals surface area contributed by atoms with Crippen LogP contribution in [0.15, 0.2) is 24.4 Å². The lowest BCUT2D eigenvalue weighted by Crippen LogP contribution is -2.68. The first-order valence-electron chi connectivity index (χ1n) is 12.0. The molecule has 0 aromatic carbocycles. The molecule has 5 heterocycles. The van der Waals surface area contributed by atoms with Crippen LogP contribution in [-0.2, 0) is 15.0 Å². The van der Waals surface area contributed by atoms with Crippen molar-refractivity contribution in [3.05, 3.63) is 41.2 Å². The number of likely N-dealkylation sites (N-methyl/N-ethyl adjacent to an activating group) is 1. The van der Waals surface area contributed by atoms with Crippen molar-refractivity contribution in [3.63, 3.8) is 0 Å². The highest BCUT2D eigenvalue weighted by atomic mass is 16.5. The minimum absolute atomic E-state index is 0.0608. The molecule has 0 spiro atoms. The Bertz CT molecular complexity index is 1200. The van der Waals surface area contributed by atoms with Gasteiger partial charge >= 0.3 is 6.03 Å². The van der Waals surface area contributed by atoms with Gasteiger partial charge in [-0.1, -0.05) is 6.07 Å². The average molecular weight is 492 g/mol. The van der Waals surface area contributed by atoms with Gasteiger partial charge in [0.2, 0.25) is 0 Å². The van der Waals surface area contributed by atoms with Crippen molar-refractivity contribution < 1.29 is 19.1 Å². The maximum Gasteiger partial charge on any atom is 0.328 e. The summed E-state index contributed by atoms with van der Waals surface area (Å²) in [6.07, 6.45) is 4.62. The van der Waals surface area contributed by atoms with E-state index in [4.69, 9.17) is 9.47 Å². The zero-order chi connectivity index (χ0) is 25.3. The first-order valence-corrected chi connectivity index (χ1v) is 12.0. The molecular formula is C25H29N7O4. The highest BCUT2D eigenvalue weighted by molar-refractivity contribution is 6.03. The number of methoxy groups -OCH3 is 1. The largest absolute Gasteiger partial charge is 0.383 e. The van der Waals surface area contributed by atoms with Crippen LogP contribution in [0.4, 0.5) is 22.1 Å². The molecule has 11 heteroatoms. The van der Waals surface area contributed by atoms with Gasteiger partial charge in [0.1, 0.15) is 23.4 Å². The number of pyridine rings is 2. The topological polar surface area (TPSA) is 133 Å². The number of nitrogens with zero attached hydrogens (tertiary/aromatic N) is 5.